The van der Waals surface area contributed by atoms with Crippen LogP contribution in [0.1, 0.15) is 0 Å². The zero-order valence-electron chi connectivity index (χ0n) is 8.84. The molecule has 2 nitrogen and oxygen atoms in total. The first kappa shape index (κ1) is 17.5. The van der Waals surface area contributed by atoms with Crippen molar-refractivity contribution in [2.75, 3.05) is 0 Å². The van der Waals surface area contributed by atoms with Crippen molar-refractivity contribution >= 4 is 9.84 Å². The summed E-state index contributed by atoms with van der Waals surface area (Å²) in [7, 11) is -3.45. The maximum atomic E-state index is 12.0. The summed E-state index contributed by atoms with van der Waals surface area (Å²) in [5.74, 6) is 0. The van der Waals surface area contributed by atoms with E-state index in [1.807, 2.05) is 0 Å². The molecule has 0 N–H and O–H groups in total. The molecule has 2 rings (SSSR count). The van der Waals surface area contributed by atoms with Crippen molar-refractivity contribution in [3.05, 3.63) is 60.7 Å². The quantitative estimate of drug-likeness (QED) is 0.453. The Morgan fingerprint density at radius 3 is 1.53 bits per heavy atom. The molecule has 0 saturated carbocycles. The average Bonchev–Trinajstić information content (AvgIpc) is 2.31. The van der Waals surface area contributed by atoms with Crippen LogP contribution in [0.2, 0.25) is 0 Å². The molecule has 0 saturated heterocycles. The first-order chi connectivity index (χ1) is 7.21. The van der Waals surface area contributed by atoms with E-state index in [1.165, 1.54) is 12.1 Å². The summed E-state index contributed by atoms with van der Waals surface area (Å²) in [6.45, 7) is 0. The normalized spacial score (nSPS) is 9.88. The molecule has 0 bridgehead atoms. The van der Waals surface area contributed by atoms with Crippen LogP contribution in [0.15, 0.2) is 58.3 Å². The van der Waals surface area contributed by atoms with Gasteiger partial charge in [0.1, 0.15) is 0 Å². The molecule has 0 aliphatic heterocycles. The minimum Gasteiger partial charge on any atom is -0.223 e. The Bertz CT molecular complexity index is 494. The molecule has 0 aromatic heterocycles. The van der Waals surface area contributed by atoms with Gasteiger partial charge in [0.25, 0.3) is 0 Å². The Morgan fingerprint density at radius 1 is 0.824 bits per heavy atom. The third-order valence-electron chi connectivity index (χ3n) is 1.94. The van der Waals surface area contributed by atoms with E-state index >= 15 is 0 Å². The Kier molecular flexibility index (Phi) is 8.05. The zero-order chi connectivity index (χ0) is 10.7. The standard InChI is InChI=1S/C12H8O2S.2U/c13-15(14,11-7-3-1-4-8-11)12-9-5-2-6-10-12;;/h1-7,9H;;/q-2;;+2. The molecule has 0 amide bonds. The summed E-state index contributed by atoms with van der Waals surface area (Å²) in [6.07, 6.45) is 0. The number of hydrogen-bond acceptors (Lipinski definition) is 2. The van der Waals surface area contributed by atoms with Gasteiger partial charge in [-0.3, -0.25) is 0 Å². The predicted octanol–water partition coefficient (Wildman–Crippen LogP) is 2.12. The van der Waals surface area contributed by atoms with E-state index in [-0.39, 0.29) is 72.0 Å². The smallest absolute Gasteiger partial charge is 0.223 e. The molecule has 2 aromatic carbocycles. The Labute approximate surface area is 149 Å². The molecule has 82 valence electrons. The van der Waals surface area contributed by atoms with E-state index in [9.17, 15) is 8.42 Å². The van der Waals surface area contributed by atoms with Crippen molar-refractivity contribution in [3.63, 3.8) is 0 Å². The molecule has 5 heteroatoms. The molecule has 0 aliphatic rings. The predicted molar refractivity (Wildman–Crippen MR) is 56.0 cm³/mol. The van der Waals surface area contributed by atoms with E-state index in [4.69, 9.17) is 0 Å². The van der Waals surface area contributed by atoms with Crippen LogP contribution < -0.4 is 0 Å². The van der Waals surface area contributed by atoms with Crippen molar-refractivity contribution in [1.82, 2.24) is 0 Å². The number of hydrogen-bond donors (Lipinski definition) is 0. The van der Waals surface area contributed by atoms with Gasteiger partial charge in [-0.2, -0.15) is 60.7 Å². The molecule has 0 atom stereocenters. The van der Waals surface area contributed by atoms with Crippen LogP contribution in [-0.2, 0) is 9.84 Å². The minimum atomic E-state index is -3.45. The van der Waals surface area contributed by atoms with Gasteiger partial charge < -0.3 is 0 Å². The van der Waals surface area contributed by atoms with Crippen molar-refractivity contribution in [1.29, 1.82) is 0 Å². The molecule has 0 heterocycles. The second kappa shape index (κ2) is 7.83. The van der Waals surface area contributed by atoms with Crippen molar-refractivity contribution in [2.45, 2.75) is 9.79 Å². The summed E-state index contributed by atoms with van der Waals surface area (Å²) < 4.78 is 23.9. The summed E-state index contributed by atoms with van der Waals surface area (Å²) in [5.41, 5.74) is 0. The van der Waals surface area contributed by atoms with Crippen molar-refractivity contribution < 1.29 is 70.6 Å². The van der Waals surface area contributed by atoms with Crippen LogP contribution in [0.4, 0.5) is 0 Å². The fourth-order valence-corrected chi connectivity index (χ4v) is 2.41. The van der Waals surface area contributed by atoms with Crippen LogP contribution in [-0.4, -0.2) is 8.42 Å². The first-order valence-electron chi connectivity index (χ1n) is 4.40. The van der Waals surface area contributed by atoms with Gasteiger partial charge in [0.05, 0.1) is 0 Å². The Morgan fingerprint density at radius 2 is 1.24 bits per heavy atom. The second-order valence-corrected chi connectivity index (χ2v) is 4.84. The Balaban J connectivity index is 0.00000128. The maximum Gasteiger partial charge on any atom is 2.00 e. The molecule has 0 fully saturated rings. The zero-order valence-corrected chi connectivity index (χ0v) is 18.0. The Hall–Kier alpha value is 0.494. The molecule has 0 spiro atoms. The van der Waals surface area contributed by atoms with Gasteiger partial charge in [0.15, 0.2) is 9.84 Å². The monoisotopic (exact) mass is 692 g/mol. The van der Waals surface area contributed by atoms with E-state index in [0.29, 0.717) is 0 Å². The summed E-state index contributed by atoms with van der Waals surface area (Å²) in [6, 6.07) is 18.4. The van der Waals surface area contributed by atoms with E-state index in [1.54, 1.807) is 36.4 Å². The molecule has 2 aromatic rings. The fourth-order valence-electron chi connectivity index (χ4n) is 1.21. The largest absolute Gasteiger partial charge is 2.00 e. The van der Waals surface area contributed by atoms with Crippen LogP contribution in [0, 0.1) is 74.4 Å². The molecule has 17 heavy (non-hydrogen) atoms. The van der Waals surface area contributed by atoms with Gasteiger partial charge in [-0.15, -0.1) is 0 Å². The van der Waals surface area contributed by atoms with Crippen LogP contribution in [0.5, 0.6) is 0 Å². The summed E-state index contributed by atoms with van der Waals surface area (Å²) >= 11 is 0. The number of rotatable bonds is 2. The van der Waals surface area contributed by atoms with Crippen molar-refractivity contribution in [3.8, 4) is 0 Å². The summed E-state index contributed by atoms with van der Waals surface area (Å²) in [5, 5.41) is 0. The number of sulfone groups is 1. The first-order valence-corrected chi connectivity index (χ1v) is 5.88. The topological polar surface area (TPSA) is 34.1 Å². The third kappa shape index (κ3) is 4.27. The van der Waals surface area contributed by atoms with E-state index in [0.717, 1.165) is 0 Å². The van der Waals surface area contributed by atoms with Gasteiger partial charge in [-0.05, 0) is 9.79 Å². The molecule has 0 radical (unpaired) electrons. The minimum absolute atomic E-state index is 0. The average molecular weight is 692 g/mol. The number of benzene rings is 2. The van der Waals surface area contributed by atoms with Crippen LogP contribution in [0.25, 0.3) is 0 Å². The van der Waals surface area contributed by atoms with Gasteiger partial charge >= 0.3 is 31.1 Å². The summed E-state index contributed by atoms with van der Waals surface area (Å²) in [4.78, 5) is 0.347. The van der Waals surface area contributed by atoms with Crippen LogP contribution in [0.3, 0.4) is 0 Å². The van der Waals surface area contributed by atoms with Gasteiger partial charge in [-0.1, -0.05) is 0 Å². The molecule has 0 unspecified atom stereocenters. The van der Waals surface area contributed by atoms with Gasteiger partial charge in [0.2, 0.25) is 0 Å². The van der Waals surface area contributed by atoms with E-state index < -0.39 is 9.84 Å². The fraction of sp³-hybridized carbons (Fsp3) is 0. The van der Waals surface area contributed by atoms with Gasteiger partial charge in [-0.25, -0.2) is 8.42 Å². The SMILES string of the molecule is O=S(=O)(c1[c-]cccc1)c1[c-]cccc1.[U+2].[U]. The maximum absolute atomic E-state index is 12.0. The van der Waals surface area contributed by atoms with E-state index in [2.05, 4.69) is 12.1 Å². The molecular weight excluding hydrogens is 684 g/mol. The molecular formula is C12H8O2SU2. The third-order valence-corrected chi connectivity index (χ3v) is 3.61. The van der Waals surface area contributed by atoms with Crippen molar-refractivity contribution in [2.24, 2.45) is 0 Å². The van der Waals surface area contributed by atoms with Gasteiger partial charge in [0, 0.05) is 31.1 Å². The molecule has 0 aliphatic carbocycles. The second-order valence-electron chi connectivity index (χ2n) is 2.96. The van der Waals surface area contributed by atoms with Crippen LogP contribution >= 0.6 is 0 Å².